The summed E-state index contributed by atoms with van der Waals surface area (Å²) in [6.45, 7) is 0. The molecule has 0 aliphatic carbocycles. The molecule has 0 atom stereocenters. The molecule has 0 aromatic rings. The Morgan fingerprint density at radius 3 is 2.12 bits per heavy atom. The fraction of sp³-hybridized carbons (Fsp3) is 0.333. The average molecular weight is 132 g/mol. The predicted octanol–water partition coefficient (Wildman–Crippen LogP) is -0.945. The number of nitrogens with one attached hydrogen (secondary N) is 1. The third-order valence-electron chi connectivity index (χ3n) is 0.586. The molecule has 0 radical (unpaired) electrons. The third kappa shape index (κ3) is 1.85. The summed E-state index contributed by atoms with van der Waals surface area (Å²) in [5, 5.41) is 7.99. The Bertz CT molecular complexity index is 118. The first-order valence-electron chi connectivity index (χ1n) is 1.92. The van der Waals surface area contributed by atoms with Crippen molar-refractivity contribution >= 4 is 23.0 Å². The van der Waals surface area contributed by atoms with Crippen LogP contribution in [0.3, 0.4) is 0 Å². The molecule has 46 valence electrons. The second-order valence-corrected chi connectivity index (χ2v) is 1.76. The highest BCUT2D eigenvalue weighted by Gasteiger charge is 1.99. The molecule has 0 rings (SSSR count). The lowest BCUT2D eigenvalue weighted by Crippen LogP contribution is -2.40. The van der Waals surface area contributed by atoms with Crippen LogP contribution in [0.15, 0.2) is 0 Å². The van der Waals surface area contributed by atoms with Gasteiger partial charge in [-0.1, -0.05) is 12.2 Å². The molecule has 0 unspecified atom stereocenters. The second kappa shape index (κ2) is 2.58. The van der Waals surface area contributed by atoms with Crippen molar-refractivity contribution in [2.75, 3.05) is 7.05 Å². The van der Waals surface area contributed by atoms with E-state index in [-0.39, 0.29) is 10.8 Å². The maximum atomic E-state index is 6.93. The van der Waals surface area contributed by atoms with Crippen LogP contribution in [0.1, 0.15) is 0 Å². The number of hydrazine groups is 1. The van der Waals surface area contributed by atoms with Gasteiger partial charge in [0.05, 0.1) is 0 Å². The van der Waals surface area contributed by atoms with Crippen LogP contribution in [0.25, 0.3) is 0 Å². The van der Waals surface area contributed by atoms with Gasteiger partial charge in [0.1, 0.15) is 4.99 Å². The lowest BCUT2D eigenvalue weighted by Gasteiger charge is -2.09. The van der Waals surface area contributed by atoms with Crippen molar-refractivity contribution in [3.8, 4) is 0 Å². The zero-order chi connectivity index (χ0) is 6.73. The quantitative estimate of drug-likeness (QED) is 0.131. The number of likely N-dealkylation sites (N-methyl/N-ethyl adjacent to an activating group) is 1. The molecule has 0 bridgehead atoms. The summed E-state index contributed by atoms with van der Waals surface area (Å²) in [6, 6.07) is 0. The standard InChI is InChI=1S/C3H8N4S/c1-7(6)2(4)3(5)8/h4H,6H2,1H3,(H2,5,8). The Morgan fingerprint density at radius 1 is 1.75 bits per heavy atom. The lowest BCUT2D eigenvalue weighted by atomic mass is 10.6. The van der Waals surface area contributed by atoms with Crippen LogP contribution in [0, 0.1) is 5.41 Å². The highest BCUT2D eigenvalue weighted by molar-refractivity contribution is 7.82. The highest BCUT2D eigenvalue weighted by Crippen LogP contribution is 1.73. The molecule has 0 spiro atoms. The van der Waals surface area contributed by atoms with Gasteiger partial charge in [0.15, 0.2) is 5.84 Å². The lowest BCUT2D eigenvalue weighted by molar-refractivity contribution is 0.542. The van der Waals surface area contributed by atoms with E-state index >= 15 is 0 Å². The Morgan fingerprint density at radius 2 is 2.12 bits per heavy atom. The van der Waals surface area contributed by atoms with Crippen LogP contribution in [-0.4, -0.2) is 22.9 Å². The predicted molar refractivity (Wildman–Crippen MR) is 36.5 cm³/mol. The molecular formula is C3H8N4S. The molecule has 5 heteroatoms. The summed E-state index contributed by atoms with van der Waals surface area (Å²) >= 11 is 4.43. The van der Waals surface area contributed by atoms with E-state index in [9.17, 15) is 0 Å². The van der Waals surface area contributed by atoms with Crippen LogP contribution in [0.4, 0.5) is 0 Å². The largest absolute Gasteiger partial charge is 0.387 e. The van der Waals surface area contributed by atoms with Gasteiger partial charge in [-0.05, 0) is 0 Å². The summed E-state index contributed by atoms with van der Waals surface area (Å²) in [4.78, 5) is 0.00926. The number of rotatable bonds is 0. The number of hydrogen-bond donors (Lipinski definition) is 3. The van der Waals surface area contributed by atoms with Gasteiger partial charge in [-0.2, -0.15) is 0 Å². The van der Waals surface area contributed by atoms with E-state index in [1.807, 2.05) is 0 Å². The number of thiocarbonyl (C=S) groups is 1. The van der Waals surface area contributed by atoms with E-state index in [0.717, 1.165) is 5.01 Å². The van der Waals surface area contributed by atoms with Crippen molar-refractivity contribution in [2.24, 2.45) is 11.6 Å². The molecule has 0 saturated heterocycles. The Hall–Kier alpha value is -0.680. The van der Waals surface area contributed by atoms with E-state index in [2.05, 4.69) is 12.2 Å². The number of hydrogen-bond acceptors (Lipinski definition) is 3. The van der Waals surface area contributed by atoms with Gasteiger partial charge >= 0.3 is 0 Å². The van der Waals surface area contributed by atoms with E-state index < -0.39 is 0 Å². The molecule has 0 aliphatic heterocycles. The van der Waals surface area contributed by atoms with Crippen molar-refractivity contribution in [3.63, 3.8) is 0 Å². The molecule has 0 saturated carbocycles. The maximum absolute atomic E-state index is 6.93. The van der Waals surface area contributed by atoms with Gasteiger partial charge in [0.25, 0.3) is 0 Å². The zero-order valence-corrected chi connectivity index (χ0v) is 5.33. The number of nitrogens with two attached hydrogens (primary N) is 2. The van der Waals surface area contributed by atoms with Crippen molar-refractivity contribution in [1.82, 2.24) is 5.01 Å². The van der Waals surface area contributed by atoms with Gasteiger partial charge in [0.2, 0.25) is 0 Å². The van der Waals surface area contributed by atoms with Gasteiger partial charge < -0.3 is 5.73 Å². The smallest absolute Gasteiger partial charge is 0.169 e. The Balaban J connectivity index is 3.84. The minimum absolute atomic E-state index is 0.00926. The van der Waals surface area contributed by atoms with Gasteiger partial charge in [-0.15, -0.1) is 0 Å². The van der Waals surface area contributed by atoms with Crippen LogP contribution in [-0.2, 0) is 0 Å². The highest BCUT2D eigenvalue weighted by atomic mass is 32.1. The fourth-order valence-corrected chi connectivity index (χ4v) is 0.318. The van der Waals surface area contributed by atoms with Crippen LogP contribution in [0.5, 0.6) is 0 Å². The minimum Gasteiger partial charge on any atom is -0.387 e. The molecule has 0 heterocycles. The Kier molecular flexibility index (Phi) is 2.36. The second-order valence-electron chi connectivity index (χ2n) is 1.32. The molecule has 0 aromatic carbocycles. The average Bonchev–Trinajstić information content (AvgIpc) is 1.64. The van der Waals surface area contributed by atoms with Crippen molar-refractivity contribution in [3.05, 3.63) is 0 Å². The Labute approximate surface area is 52.9 Å². The first kappa shape index (κ1) is 7.32. The topological polar surface area (TPSA) is 79.1 Å². The normalized spacial score (nSPS) is 8.25. The van der Waals surface area contributed by atoms with Crippen molar-refractivity contribution in [2.45, 2.75) is 0 Å². The summed E-state index contributed by atoms with van der Waals surface area (Å²) in [5.41, 5.74) is 5.02. The molecule has 0 amide bonds. The summed E-state index contributed by atoms with van der Waals surface area (Å²) < 4.78 is 0. The first-order chi connectivity index (χ1) is 3.55. The molecular weight excluding hydrogens is 124 g/mol. The minimum atomic E-state index is -0.0278. The fourth-order valence-electron chi connectivity index (χ4n) is 0.174. The first-order valence-corrected chi connectivity index (χ1v) is 2.33. The molecule has 0 fully saturated rings. The third-order valence-corrected chi connectivity index (χ3v) is 0.779. The van der Waals surface area contributed by atoms with Gasteiger partial charge in [0, 0.05) is 7.05 Å². The van der Waals surface area contributed by atoms with Gasteiger partial charge in [-0.25, -0.2) is 5.84 Å². The molecule has 4 nitrogen and oxygen atoms in total. The van der Waals surface area contributed by atoms with Crippen LogP contribution in [0.2, 0.25) is 0 Å². The van der Waals surface area contributed by atoms with E-state index in [4.69, 9.17) is 17.0 Å². The molecule has 0 aliphatic rings. The van der Waals surface area contributed by atoms with E-state index in [1.54, 1.807) is 0 Å². The number of amidine groups is 1. The molecule has 0 aromatic heterocycles. The van der Waals surface area contributed by atoms with E-state index in [1.165, 1.54) is 7.05 Å². The van der Waals surface area contributed by atoms with Gasteiger partial charge in [-0.3, -0.25) is 10.4 Å². The van der Waals surface area contributed by atoms with Crippen LogP contribution < -0.4 is 11.6 Å². The van der Waals surface area contributed by atoms with Crippen molar-refractivity contribution in [1.29, 1.82) is 5.41 Å². The van der Waals surface area contributed by atoms with E-state index in [0.29, 0.717) is 0 Å². The molecule has 5 N–H and O–H groups in total. The summed E-state index contributed by atoms with van der Waals surface area (Å²) in [6.07, 6.45) is 0. The molecule has 8 heavy (non-hydrogen) atoms. The van der Waals surface area contributed by atoms with Crippen molar-refractivity contribution < 1.29 is 0 Å². The SMILES string of the molecule is CN(N)C(=N)C(N)=S. The van der Waals surface area contributed by atoms with Crippen LogP contribution >= 0.6 is 12.2 Å². The monoisotopic (exact) mass is 132 g/mol. The zero-order valence-electron chi connectivity index (χ0n) is 4.51. The summed E-state index contributed by atoms with van der Waals surface area (Å²) in [5.74, 6) is 5.05. The number of nitrogens with zero attached hydrogens (tertiary/aromatic N) is 1. The maximum Gasteiger partial charge on any atom is 0.169 e. The summed E-state index contributed by atoms with van der Waals surface area (Å²) in [7, 11) is 1.50.